The monoisotopic (exact) mass is 264 g/mol. The van der Waals surface area contributed by atoms with Crippen LogP contribution in [0.5, 0.6) is 5.75 Å². The lowest BCUT2D eigenvalue weighted by Gasteiger charge is -2.18. The molecule has 98 valence electrons. The SMILES string of the molecule is CC(C)c1nc2ccc(OCC(C)(C)N)cc2s1. The van der Waals surface area contributed by atoms with Gasteiger partial charge >= 0.3 is 0 Å². The molecule has 2 aromatic rings. The van der Waals surface area contributed by atoms with Crippen molar-refractivity contribution in [3.05, 3.63) is 23.2 Å². The molecule has 1 heterocycles. The molecule has 0 radical (unpaired) electrons. The molecule has 0 bridgehead atoms. The summed E-state index contributed by atoms with van der Waals surface area (Å²) in [5, 5.41) is 1.17. The van der Waals surface area contributed by atoms with Gasteiger partial charge in [-0.2, -0.15) is 0 Å². The van der Waals surface area contributed by atoms with Gasteiger partial charge in [0.25, 0.3) is 0 Å². The number of rotatable bonds is 4. The molecule has 0 saturated carbocycles. The first-order chi connectivity index (χ1) is 8.35. The smallest absolute Gasteiger partial charge is 0.120 e. The van der Waals surface area contributed by atoms with E-state index in [1.54, 1.807) is 11.3 Å². The highest BCUT2D eigenvalue weighted by Crippen LogP contribution is 2.30. The molecule has 0 amide bonds. The minimum atomic E-state index is -0.314. The molecule has 4 heteroatoms. The Kier molecular flexibility index (Phi) is 3.59. The van der Waals surface area contributed by atoms with Gasteiger partial charge < -0.3 is 10.5 Å². The second-order valence-corrected chi connectivity index (χ2v) is 6.68. The second kappa shape index (κ2) is 4.86. The molecule has 2 rings (SSSR count). The number of nitrogens with zero attached hydrogens (tertiary/aromatic N) is 1. The van der Waals surface area contributed by atoms with Crippen molar-refractivity contribution in [2.24, 2.45) is 5.73 Å². The molecule has 1 aromatic carbocycles. The normalized spacial score (nSPS) is 12.3. The van der Waals surface area contributed by atoms with Crippen molar-refractivity contribution < 1.29 is 4.74 Å². The van der Waals surface area contributed by atoms with Crippen LogP contribution in [0.4, 0.5) is 0 Å². The third-order valence-electron chi connectivity index (χ3n) is 2.48. The molecule has 0 aliphatic carbocycles. The van der Waals surface area contributed by atoms with Crippen molar-refractivity contribution in [2.75, 3.05) is 6.61 Å². The van der Waals surface area contributed by atoms with Crippen molar-refractivity contribution in [1.29, 1.82) is 0 Å². The summed E-state index contributed by atoms with van der Waals surface area (Å²) in [7, 11) is 0. The Morgan fingerprint density at radius 2 is 2.11 bits per heavy atom. The van der Waals surface area contributed by atoms with Crippen molar-refractivity contribution in [1.82, 2.24) is 4.98 Å². The van der Waals surface area contributed by atoms with Crippen LogP contribution in [0.2, 0.25) is 0 Å². The van der Waals surface area contributed by atoms with Crippen LogP contribution in [0.3, 0.4) is 0 Å². The topological polar surface area (TPSA) is 48.1 Å². The molecule has 2 N–H and O–H groups in total. The van der Waals surface area contributed by atoms with Gasteiger partial charge in [0.15, 0.2) is 0 Å². The van der Waals surface area contributed by atoms with Crippen LogP contribution >= 0.6 is 11.3 Å². The molecular formula is C14H20N2OS. The Labute approximate surface area is 112 Å². The van der Waals surface area contributed by atoms with Crippen LogP contribution in [-0.4, -0.2) is 17.1 Å². The van der Waals surface area contributed by atoms with Crippen molar-refractivity contribution in [2.45, 2.75) is 39.2 Å². The number of hydrogen-bond donors (Lipinski definition) is 1. The summed E-state index contributed by atoms with van der Waals surface area (Å²) in [5.41, 5.74) is 6.64. The summed E-state index contributed by atoms with van der Waals surface area (Å²) in [6.45, 7) is 8.73. The van der Waals surface area contributed by atoms with E-state index in [-0.39, 0.29) is 5.54 Å². The maximum atomic E-state index is 5.91. The number of thiazole rings is 1. The van der Waals surface area contributed by atoms with Crippen LogP contribution in [0.15, 0.2) is 18.2 Å². The van der Waals surface area contributed by atoms with E-state index < -0.39 is 0 Å². The average Bonchev–Trinajstić information content (AvgIpc) is 2.68. The predicted molar refractivity (Wildman–Crippen MR) is 77.5 cm³/mol. The van der Waals surface area contributed by atoms with Gasteiger partial charge in [-0.1, -0.05) is 13.8 Å². The lowest BCUT2D eigenvalue weighted by Crippen LogP contribution is -2.38. The van der Waals surface area contributed by atoms with Crippen LogP contribution in [-0.2, 0) is 0 Å². The third-order valence-corrected chi connectivity index (χ3v) is 3.80. The number of nitrogens with two attached hydrogens (primary N) is 1. The number of fused-ring (bicyclic) bond motifs is 1. The first kappa shape index (κ1) is 13.3. The molecule has 0 saturated heterocycles. The van der Waals surface area contributed by atoms with E-state index >= 15 is 0 Å². The largest absolute Gasteiger partial charge is 0.492 e. The Hall–Kier alpha value is -1.13. The molecule has 1 aromatic heterocycles. The van der Waals surface area contributed by atoms with Crippen LogP contribution in [0, 0.1) is 0 Å². The van der Waals surface area contributed by atoms with Gasteiger partial charge in [0.1, 0.15) is 12.4 Å². The fourth-order valence-corrected chi connectivity index (χ4v) is 2.53. The lowest BCUT2D eigenvalue weighted by atomic mass is 10.1. The Morgan fingerprint density at radius 1 is 1.39 bits per heavy atom. The molecule has 0 aliphatic heterocycles. The van der Waals surface area contributed by atoms with Gasteiger partial charge in [-0.15, -0.1) is 11.3 Å². The lowest BCUT2D eigenvalue weighted by molar-refractivity contribution is 0.243. The predicted octanol–water partition coefficient (Wildman–Crippen LogP) is 3.54. The van der Waals surface area contributed by atoms with Crippen molar-refractivity contribution >= 4 is 21.6 Å². The van der Waals surface area contributed by atoms with Gasteiger partial charge in [0.05, 0.1) is 15.2 Å². The van der Waals surface area contributed by atoms with Gasteiger partial charge in [-0.05, 0) is 32.0 Å². The molecule has 0 atom stereocenters. The fraction of sp³-hybridized carbons (Fsp3) is 0.500. The zero-order valence-electron chi connectivity index (χ0n) is 11.4. The molecule has 0 aliphatic rings. The Bertz CT molecular complexity index is 540. The summed E-state index contributed by atoms with van der Waals surface area (Å²) < 4.78 is 6.87. The maximum absolute atomic E-state index is 5.91. The molecule has 0 fully saturated rings. The number of benzene rings is 1. The summed E-state index contributed by atoms with van der Waals surface area (Å²) >= 11 is 1.73. The highest BCUT2D eigenvalue weighted by molar-refractivity contribution is 7.18. The molecule has 18 heavy (non-hydrogen) atoms. The van der Waals surface area contributed by atoms with E-state index in [4.69, 9.17) is 10.5 Å². The van der Waals surface area contributed by atoms with Crippen LogP contribution in [0.25, 0.3) is 10.2 Å². The Balaban J connectivity index is 2.21. The summed E-state index contributed by atoms with van der Waals surface area (Å²) in [6.07, 6.45) is 0. The van der Waals surface area contributed by atoms with E-state index in [0.29, 0.717) is 12.5 Å². The molecular weight excluding hydrogens is 244 g/mol. The minimum absolute atomic E-state index is 0.314. The van der Waals surface area contributed by atoms with Gasteiger partial charge in [-0.25, -0.2) is 4.98 Å². The second-order valence-electron chi connectivity index (χ2n) is 5.61. The maximum Gasteiger partial charge on any atom is 0.120 e. The third kappa shape index (κ3) is 3.21. The zero-order chi connectivity index (χ0) is 13.3. The van der Waals surface area contributed by atoms with E-state index in [1.165, 1.54) is 9.71 Å². The van der Waals surface area contributed by atoms with Crippen LogP contribution in [0.1, 0.15) is 38.6 Å². The quantitative estimate of drug-likeness (QED) is 0.919. The fourth-order valence-electron chi connectivity index (χ4n) is 1.53. The molecule has 0 spiro atoms. The van der Waals surface area contributed by atoms with Crippen LogP contribution < -0.4 is 10.5 Å². The first-order valence-electron chi connectivity index (χ1n) is 6.17. The summed E-state index contributed by atoms with van der Waals surface area (Å²) in [5.74, 6) is 1.33. The van der Waals surface area contributed by atoms with Crippen molar-refractivity contribution in [3.63, 3.8) is 0 Å². The molecule has 3 nitrogen and oxygen atoms in total. The van der Waals surface area contributed by atoms with Gasteiger partial charge in [-0.3, -0.25) is 0 Å². The van der Waals surface area contributed by atoms with E-state index in [0.717, 1.165) is 11.3 Å². The first-order valence-corrected chi connectivity index (χ1v) is 6.99. The van der Waals surface area contributed by atoms with E-state index in [1.807, 2.05) is 32.0 Å². The highest BCUT2D eigenvalue weighted by atomic mass is 32.1. The zero-order valence-corrected chi connectivity index (χ0v) is 12.2. The number of ether oxygens (including phenoxy) is 1. The molecule has 0 unspecified atom stereocenters. The summed E-state index contributed by atoms with van der Waals surface area (Å²) in [4.78, 5) is 4.60. The van der Waals surface area contributed by atoms with E-state index in [2.05, 4.69) is 18.8 Å². The van der Waals surface area contributed by atoms with E-state index in [9.17, 15) is 0 Å². The Morgan fingerprint density at radius 3 is 2.72 bits per heavy atom. The standard InChI is InChI=1S/C14H20N2OS/c1-9(2)13-16-11-6-5-10(7-12(11)18-13)17-8-14(3,4)15/h5-7,9H,8,15H2,1-4H3. The minimum Gasteiger partial charge on any atom is -0.492 e. The van der Waals surface area contributed by atoms with Crippen molar-refractivity contribution in [3.8, 4) is 5.75 Å². The van der Waals surface area contributed by atoms with Gasteiger partial charge in [0, 0.05) is 11.5 Å². The summed E-state index contributed by atoms with van der Waals surface area (Å²) in [6, 6.07) is 6.01. The number of hydrogen-bond acceptors (Lipinski definition) is 4. The number of aromatic nitrogens is 1. The van der Waals surface area contributed by atoms with Gasteiger partial charge in [0.2, 0.25) is 0 Å². The average molecular weight is 264 g/mol. The highest BCUT2D eigenvalue weighted by Gasteiger charge is 2.12.